The van der Waals surface area contributed by atoms with Crippen molar-refractivity contribution in [3.63, 3.8) is 0 Å². The molecule has 3 N–H and O–H groups in total. The Morgan fingerprint density at radius 1 is 0.603 bits per heavy atom. The first-order chi connectivity index (χ1) is 30.4. The van der Waals surface area contributed by atoms with Crippen LogP contribution < -0.4 is 5.48 Å². The molecule has 0 saturated carbocycles. The molecule has 6 aromatic rings. The van der Waals surface area contributed by atoms with Crippen molar-refractivity contribution in [2.24, 2.45) is 0 Å². The molecule has 0 aliphatic rings. The summed E-state index contributed by atoms with van der Waals surface area (Å²) in [4.78, 5) is 30.5. The molecule has 0 radical (unpaired) electrons. The number of rotatable bonds is 25. The summed E-state index contributed by atoms with van der Waals surface area (Å²) in [6.07, 6.45) is 0. The van der Waals surface area contributed by atoms with E-state index >= 15 is 26.4 Å². The normalized spacial score (nSPS) is 14.2. The maximum absolute atomic E-state index is 15.6. The molecule has 2 heterocycles. The number of thiophene rings is 2. The van der Waals surface area contributed by atoms with Crippen molar-refractivity contribution in [1.82, 2.24) is 14.1 Å². The van der Waals surface area contributed by atoms with Gasteiger partial charge in [-0.15, -0.1) is 22.7 Å². The van der Waals surface area contributed by atoms with E-state index in [1.807, 2.05) is 22.9 Å². The number of ether oxygens (including phenoxy) is 4. The Bertz CT molecular complexity index is 2680. The van der Waals surface area contributed by atoms with Crippen LogP contribution in [0.1, 0.15) is 22.3 Å². The number of hydrogen-bond donors (Lipinski definition) is 3. The van der Waals surface area contributed by atoms with Crippen LogP contribution in [0.15, 0.2) is 120 Å². The number of carbonyl (C=O) groups is 2. The number of fused-ring (bicyclic) bond motifs is 2. The zero-order valence-electron chi connectivity index (χ0n) is 34.6. The Balaban J connectivity index is 1.72. The van der Waals surface area contributed by atoms with Gasteiger partial charge in [0.25, 0.3) is 5.91 Å². The topological polar surface area (TPSA) is 198 Å². The SMILES string of the molecule is COCCOCCN([C@](C(=O)O)(c1ccccc1)[C@@](C(=O)NO)(c1ccccc1)N(CCOCCOC)S(=O)(=O)Cc1ccc2sccc2c1)S(=O)(=O)Cc1ccc2sccc2c1. The van der Waals surface area contributed by atoms with Crippen molar-refractivity contribution in [3.05, 3.63) is 142 Å². The van der Waals surface area contributed by atoms with Crippen molar-refractivity contribution < 1.29 is 55.7 Å². The number of carboxylic acids is 1. The lowest BCUT2D eigenvalue weighted by atomic mass is 9.67. The smallest absolute Gasteiger partial charge is 0.332 e. The Labute approximate surface area is 374 Å². The first-order valence-electron chi connectivity index (χ1n) is 19.7. The van der Waals surface area contributed by atoms with Crippen molar-refractivity contribution in [2.75, 3.05) is 67.0 Å². The minimum atomic E-state index is -4.98. The van der Waals surface area contributed by atoms with E-state index in [0.29, 0.717) is 8.61 Å². The minimum Gasteiger partial charge on any atom is -0.480 e. The number of carboxylic acid groups (broad SMARTS) is 1. The van der Waals surface area contributed by atoms with Crippen LogP contribution in [0.5, 0.6) is 0 Å². The van der Waals surface area contributed by atoms with E-state index in [1.165, 1.54) is 85.4 Å². The number of aliphatic carboxylic acids is 1. The number of hydrogen-bond acceptors (Lipinski definition) is 13. The molecule has 1 amide bonds. The maximum Gasteiger partial charge on any atom is 0.332 e. The standard InChI is InChI=1S/C44H49N3O12S4/c1-56-23-25-58-21-19-46(62(52,53)31-33-13-15-39-35(29-33)17-27-60-39)43(41(48)45-51,37-9-5-3-6-10-37)44(42(49)50,38-11-7-4-8-12-38)47(20-22-59-26-24-57-2)63(54,55)32-34-14-16-40-36(30-34)18-28-61-40/h3-18,27-30,51H,19-26,31-32H2,1-2H3,(H,45,48)(H,49,50)/t43-,44-/m0/s1. The molecular formula is C44H49N3O12S4. The summed E-state index contributed by atoms with van der Waals surface area (Å²) in [6, 6.07) is 27.9. The number of nitrogens with zero attached hydrogens (tertiary/aromatic N) is 2. The number of hydroxylamine groups is 1. The highest BCUT2D eigenvalue weighted by molar-refractivity contribution is 7.88. The van der Waals surface area contributed by atoms with E-state index in [0.717, 1.165) is 20.2 Å². The van der Waals surface area contributed by atoms with Gasteiger partial charge < -0.3 is 24.1 Å². The molecule has 336 valence electrons. The largest absolute Gasteiger partial charge is 0.480 e. The van der Waals surface area contributed by atoms with Gasteiger partial charge in [-0.25, -0.2) is 27.1 Å². The number of sulfonamides is 2. The second-order valence-corrected chi connectivity index (χ2v) is 20.0. The molecule has 0 bridgehead atoms. The summed E-state index contributed by atoms with van der Waals surface area (Å²) >= 11 is 2.91. The molecule has 0 fully saturated rings. The highest BCUT2D eigenvalue weighted by atomic mass is 32.2. The fraction of sp³-hybridized carbons (Fsp3) is 0.318. The van der Waals surface area contributed by atoms with Crippen molar-refractivity contribution in [1.29, 1.82) is 0 Å². The van der Waals surface area contributed by atoms with Gasteiger partial charge >= 0.3 is 5.97 Å². The quantitative estimate of drug-likeness (QED) is 0.0356. The zero-order valence-corrected chi connectivity index (χ0v) is 37.9. The van der Waals surface area contributed by atoms with E-state index in [-0.39, 0.29) is 48.7 Å². The van der Waals surface area contributed by atoms with Crippen LogP contribution in [0, 0.1) is 0 Å². The summed E-state index contributed by atoms with van der Waals surface area (Å²) in [7, 11) is -7.05. The van der Waals surface area contributed by atoms with Gasteiger partial charge in [-0.1, -0.05) is 72.8 Å². The number of carbonyl (C=O) groups excluding carboxylic acids is 1. The summed E-state index contributed by atoms with van der Waals surface area (Å²) in [5.41, 5.74) is -4.85. The maximum atomic E-state index is 15.6. The molecule has 4 aromatic carbocycles. The van der Waals surface area contributed by atoms with E-state index in [1.54, 1.807) is 54.0 Å². The molecule has 15 nitrogen and oxygen atoms in total. The van der Waals surface area contributed by atoms with Crippen molar-refractivity contribution in [2.45, 2.75) is 22.6 Å². The predicted molar refractivity (Wildman–Crippen MR) is 242 cm³/mol. The molecule has 63 heavy (non-hydrogen) atoms. The molecular weight excluding hydrogens is 891 g/mol. The fourth-order valence-corrected chi connectivity index (χ4v) is 13.1. The van der Waals surface area contributed by atoms with Gasteiger partial charge in [-0.2, -0.15) is 8.61 Å². The van der Waals surface area contributed by atoms with Crippen LogP contribution in [0.3, 0.4) is 0 Å². The van der Waals surface area contributed by atoms with Crippen molar-refractivity contribution >= 4 is 74.8 Å². The molecule has 0 aliphatic heterocycles. The van der Waals surface area contributed by atoms with Gasteiger partial charge in [-0.05, 0) is 80.2 Å². The third kappa shape index (κ3) is 10.0. The highest BCUT2D eigenvalue weighted by Gasteiger charge is 2.73. The Morgan fingerprint density at radius 3 is 1.44 bits per heavy atom. The van der Waals surface area contributed by atoms with Crippen LogP contribution in [0.2, 0.25) is 0 Å². The third-order valence-electron chi connectivity index (χ3n) is 10.5. The molecule has 0 unspecified atom stereocenters. The monoisotopic (exact) mass is 939 g/mol. The molecule has 0 saturated heterocycles. The molecule has 2 aromatic heterocycles. The first kappa shape index (κ1) is 47.8. The van der Waals surface area contributed by atoms with E-state index in [4.69, 9.17) is 18.9 Å². The summed E-state index contributed by atoms with van der Waals surface area (Å²) in [5.74, 6) is -5.05. The lowest BCUT2D eigenvalue weighted by Crippen LogP contribution is -2.76. The van der Waals surface area contributed by atoms with E-state index in [2.05, 4.69) is 0 Å². The third-order valence-corrected chi connectivity index (χ3v) is 16.0. The van der Waals surface area contributed by atoms with Gasteiger partial charge in [0.1, 0.15) is 0 Å². The lowest BCUT2D eigenvalue weighted by molar-refractivity contribution is -0.171. The molecule has 0 aliphatic carbocycles. The van der Waals surface area contributed by atoms with E-state index < -0.39 is 80.8 Å². The number of benzene rings is 4. The Hall–Kier alpha value is -4.64. The number of methoxy groups -OCH3 is 2. The number of nitrogens with one attached hydrogen (secondary N) is 1. The summed E-state index contributed by atoms with van der Waals surface area (Å²) < 4.78 is 87.4. The fourth-order valence-electron chi connectivity index (χ4n) is 7.90. The average Bonchev–Trinajstić information content (AvgIpc) is 3.95. The summed E-state index contributed by atoms with van der Waals surface area (Å²) in [5, 5.41) is 28.4. The molecule has 6 rings (SSSR count). The highest BCUT2D eigenvalue weighted by Crippen LogP contribution is 2.53. The predicted octanol–water partition coefficient (Wildman–Crippen LogP) is 5.79. The minimum absolute atomic E-state index is 0.0136. The lowest BCUT2D eigenvalue weighted by Gasteiger charge is -2.55. The molecule has 19 heteroatoms. The van der Waals surface area contributed by atoms with Gasteiger partial charge in [0.15, 0.2) is 11.1 Å². The van der Waals surface area contributed by atoms with Gasteiger partial charge in [0.05, 0.1) is 51.1 Å². The zero-order chi connectivity index (χ0) is 45.1. The van der Waals surface area contributed by atoms with Crippen LogP contribution in [0.4, 0.5) is 0 Å². The van der Waals surface area contributed by atoms with Crippen LogP contribution >= 0.6 is 22.7 Å². The second-order valence-electron chi connectivity index (χ2n) is 14.4. The van der Waals surface area contributed by atoms with Gasteiger partial charge in [0.2, 0.25) is 20.0 Å². The second kappa shape index (κ2) is 21.4. The Morgan fingerprint density at radius 2 is 1.03 bits per heavy atom. The first-order valence-corrected chi connectivity index (χ1v) is 24.7. The van der Waals surface area contributed by atoms with Crippen LogP contribution in [0.25, 0.3) is 20.2 Å². The average molecular weight is 940 g/mol. The van der Waals surface area contributed by atoms with Crippen LogP contribution in [-0.4, -0.2) is 115 Å². The van der Waals surface area contributed by atoms with Crippen LogP contribution in [-0.2, 0) is 71.2 Å². The van der Waals surface area contributed by atoms with E-state index in [9.17, 15) is 10.3 Å². The van der Waals surface area contributed by atoms with Gasteiger partial charge in [0, 0.05) is 36.7 Å². The number of amides is 1. The van der Waals surface area contributed by atoms with Gasteiger partial charge in [-0.3, -0.25) is 10.0 Å². The molecule has 2 atom stereocenters. The molecule has 0 spiro atoms. The van der Waals surface area contributed by atoms with Crippen molar-refractivity contribution in [3.8, 4) is 0 Å². The Kier molecular flexibility index (Phi) is 16.2. The summed E-state index contributed by atoms with van der Waals surface area (Å²) in [6.45, 7) is -2.06.